The highest BCUT2D eigenvalue weighted by molar-refractivity contribution is 6.32. The molecular weight excluding hydrogens is 404 g/mol. The predicted octanol–water partition coefficient (Wildman–Crippen LogP) is 3.14. The van der Waals surface area contributed by atoms with Gasteiger partial charge < -0.3 is 14.2 Å². The summed E-state index contributed by atoms with van der Waals surface area (Å²) >= 11 is 5.79. The molecular formula is C19H13ClN2O7. The van der Waals surface area contributed by atoms with E-state index in [-0.39, 0.29) is 34.5 Å². The first-order valence-electron chi connectivity index (χ1n) is 8.14. The number of carbonyl (C=O) groups is 2. The molecule has 0 N–H and O–H groups in total. The van der Waals surface area contributed by atoms with Gasteiger partial charge in [-0.3, -0.25) is 10.1 Å². The van der Waals surface area contributed by atoms with Crippen molar-refractivity contribution in [2.75, 3.05) is 13.7 Å². The summed E-state index contributed by atoms with van der Waals surface area (Å²) in [7, 11) is 1.26. The third-order valence-corrected chi connectivity index (χ3v) is 4.10. The molecule has 0 atom stereocenters. The molecule has 0 bridgehead atoms. The highest BCUT2D eigenvalue weighted by atomic mass is 35.5. The van der Waals surface area contributed by atoms with Gasteiger partial charge in [-0.25, -0.2) is 14.6 Å². The van der Waals surface area contributed by atoms with Crippen LogP contribution in [-0.2, 0) is 19.1 Å². The topological polar surface area (TPSA) is 117 Å². The molecule has 0 amide bonds. The molecule has 29 heavy (non-hydrogen) atoms. The number of hydrogen-bond acceptors (Lipinski definition) is 8. The fourth-order valence-corrected chi connectivity index (χ4v) is 2.52. The second-order valence-corrected chi connectivity index (χ2v) is 6.10. The van der Waals surface area contributed by atoms with Crippen molar-refractivity contribution in [2.24, 2.45) is 4.99 Å². The van der Waals surface area contributed by atoms with Crippen LogP contribution in [0.15, 0.2) is 53.2 Å². The molecule has 0 saturated carbocycles. The van der Waals surface area contributed by atoms with Gasteiger partial charge in [0.2, 0.25) is 5.90 Å². The van der Waals surface area contributed by atoms with Crippen molar-refractivity contribution in [2.45, 2.75) is 0 Å². The maximum Gasteiger partial charge on any atom is 0.363 e. The summed E-state index contributed by atoms with van der Waals surface area (Å²) in [4.78, 5) is 37.6. The molecule has 0 aromatic heterocycles. The van der Waals surface area contributed by atoms with Crippen LogP contribution in [0.4, 0.5) is 5.69 Å². The lowest BCUT2D eigenvalue weighted by atomic mass is 10.2. The number of benzene rings is 2. The minimum Gasteiger partial charge on any atom is -0.482 e. The van der Waals surface area contributed by atoms with Gasteiger partial charge in [0.15, 0.2) is 12.3 Å². The van der Waals surface area contributed by atoms with E-state index in [0.717, 1.165) is 0 Å². The van der Waals surface area contributed by atoms with Crippen LogP contribution < -0.4 is 4.74 Å². The van der Waals surface area contributed by atoms with E-state index in [4.69, 9.17) is 21.1 Å². The van der Waals surface area contributed by atoms with E-state index in [2.05, 4.69) is 9.73 Å². The lowest BCUT2D eigenvalue weighted by Gasteiger charge is -2.04. The average Bonchev–Trinajstić information content (AvgIpc) is 3.07. The van der Waals surface area contributed by atoms with Crippen molar-refractivity contribution in [3.8, 4) is 5.75 Å². The van der Waals surface area contributed by atoms with E-state index < -0.39 is 16.9 Å². The number of hydrogen-bond donors (Lipinski definition) is 0. The number of nitrogens with zero attached hydrogens (tertiary/aromatic N) is 2. The van der Waals surface area contributed by atoms with E-state index in [0.29, 0.717) is 11.3 Å². The average molecular weight is 417 g/mol. The monoisotopic (exact) mass is 416 g/mol. The van der Waals surface area contributed by atoms with Crippen molar-refractivity contribution in [1.82, 2.24) is 0 Å². The summed E-state index contributed by atoms with van der Waals surface area (Å²) in [6.45, 7) is -0.218. The molecule has 1 aliphatic heterocycles. The molecule has 0 aliphatic carbocycles. The standard InChI is InChI=1S/C19H13ClN2O7/c1-27-17(23)10-28-13-5-2-11(3-6-13)8-15-19(24)29-18(21-15)12-4-7-14(20)16(9-12)22(25)26/h2-9H,10H2,1H3/b15-8-. The number of aliphatic imine (C=N–C) groups is 1. The Morgan fingerprint density at radius 2 is 2.00 bits per heavy atom. The maximum atomic E-state index is 12.1. The summed E-state index contributed by atoms with van der Waals surface area (Å²) in [6.07, 6.45) is 1.49. The smallest absolute Gasteiger partial charge is 0.363 e. The lowest BCUT2D eigenvalue weighted by molar-refractivity contribution is -0.384. The molecule has 0 radical (unpaired) electrons. The molecule has 148 valence electrons. The number of cyclic esters (lactones) is 1. The molecule has 3 rings (SSSR count). The van der Waals surface area contributed by atoms with Crippen LogP contribution >= 0.6 is 11.6 Å². The van der Waals surface area contributed by atoms with Crippen molar-refractivity contribution in [3.05, 3.63) is 74.4 Å². The number of ether oxygens (including phenoxy) is 3. The Morgan fingerprint density at radius 3 is 2.66 bits per heavy atom. The van der Waals surface area contributed by atoms with Crippen LogP contribution in [0.3, 0.4) is 0 Å². The Bertz CT molecular complexity index is 1050. The third kappa shape index (κ3) is 4.77. The summed E-state index contributed by atoms with van der Waals surface area (Å²) in [5.41, 5.74) is 0.600. The van der Waals surface area contributed by atoms with Crippen molar-refractivity contribution < 1.29 is 28.7 Å². The normalized spacial score (nSPS) is 14.3. The Hall–Kier alpha value is -3.72. The molecule has 0 spiro atoms. The Kier molecular flexibility index (Phi) is 5.89. The van der Waals surface area contributed by atoms with Gasteiger partial charge in [-0.2, -0.15) is 0 Å². The number of nitro benzene ring substituents is 1. The van der Waals surface area contributed by atoms with Crippen LogP contribution in [0.25, 0.3) is 6.08 Å². The summed E-state index contributed by atoms with van der Waals surface area (Å²) in [5, 5.41) is 11.0. The molecule has 9 nitrogen and oxygen atoms in total. The third-order valence-electron chi connectivity index (χ3n) is 3.78. The van der Waals surface area contributed by atoms with Crippen molar-refractivity contribution >= 4 is 41.2 Å². The van der Waals surface area contributed by atoms with E-state index in [1.54, 1.807) is 24.3 Å². The molecule has 0 unspecified atom stereocenters. The van der Waals surface area contributed by atoms with Crippen molar-refractivity contribution in [3.63, 3.8) is 0 Å². The quantitative estimate of drug-likeness (QED) is 0.307. The largest absolute Gasteiger partial charge is 0.482 e. The zero-order chi connectivity index (χ0) is 21.0. The highest BCUT2D eigenvalue weighted by Gasteiger charge is 2.26. The number of halogens is 1. The molecule has 1 heterocycles. The number of carbonyl (C=O) groups excluding carboxylic acids is 2. The number of esters is 2. The summed E-state index contributed by atoms with van der Waals surface area (Å²) in [5.74, 6) is -0.805. The molecule has 0 saturated heterocycles. The van der Waals surface area contributed by atoms with Gasteiger partial charge in [-0.1, -0.05) is 23.7 Å². The number of methoxy groups -OCH3 is 1. The predicted molar refractivity (Wildman–Crippen MR) is 103 cm³/mol. The zero-order valence-corrected chi connectivity index (χ0v) is 15.7. The van der Waals surface area contributed by atoms with E-state index in [1.165, 1.54) is 31.4 Å². The van der Waals surface area contributed by atoms with Gasteiger partial charge in [0.25, 0.3) is 5.69 Å². The van der Waals surface area contributed by atoms with E-state index in [9.17, 15) is 19.7 Å². The van der Waals surface area contributed by atoms with Crippen LogP contribution in [0.1, 0.15) is 11.1 Å². The van der Waals surface area contributed by atoms with Crippen LogP contribution in [-0.4, -0.2) is 36.5 Å². The lowest BCUT2D eigenvalue weighted by Crippen LogP contribution is -2.12. The fourth-order valence-electron chi connectivity index (χ4n) is 2.34. The Labute approximate surface area is 169 Å². The Morgan fingerprint density at radius 1 is 1.28 bits per heavy atom. The SMILES string of the molecule is COC(=O)COc1ccc(/C=C2\N=C(c3ccc(Cl)c([N+](=O)[O-])c3)OC2=O)cc1. The second-order valence-electron chi connectivity index (χ2n) is 5.69. The minimum absolute atomic E-state index is 0.0285. The maximum absolute atomic E-state index is 12.1. The Balaban J connectivity index is 1.79. The first-order valence-corrected chi connectivity index (χ1v) is 8.51. The van der Waals surface area contributed by atoms with Gasteiger partial charge in [0.05, 0.1) is 12.0 Å². The van der Waals surface area contributed by atoms with Gasteiger partial charge >= 0.3 is 11.9 Å². The van der Waals surface area contributed by atoms with Crippen LogP contribution in [0.5, 0.6) is 5.75 Å². The second kappa shape index (κ2) is 8.53. The summed E-state index contributed by atoms with van der Waals surface area (Å²) in [6, 6.07) is 10.5. The van der Waals surface area contributed by atoms with Crippen LogP contribution in [0, 0.1) is 10.1 Å². The first-order chi connectivity index (χ1) is 13.9. The molecule has 1 aliphatic rings. The van der Waals surface area contributed by atoms with Gasteiger partial charge in [-0.05, 0) is 35.9 Å². The molecule has 2 aromatic carbocycles. The van der Waals surface area contributed by atoms with Crippen LogP contribution in [0.2, 0.25) is 5.02 Å². The fraction of sp³-hybridized carbons (Fsp3) is 0.105. The molecule has 10 heteroatoms. The van der Waals surface area contributed by atoms with Gasteiger partial charge in [-0.15, -0.1) is 0 Å². The summed E-state index contributed by atoms with van der Waals surface area (Å²) < 4.78 is 14.8. The van der Waals surface area contributed by atoms with E-state index in [1.807, 2.05) is 0 Å². The molecule has 2 aromatic rings. The number of nitro groups is 1. The zero-order valence-electron chi connectivity index (χ0n) is 15.0. The van der Waals surface area contributed by atoms with E-state index >= 15 is 0 Å². The molecule has 0 fully saturated rings. The first kappa shape index (κ1) is 20.0. The van der Waals surface area contributed by atoms with Crippen molar-refractivity contribution in [1.29, 1.82) is 0 Å². The van der Waals surface area contributed by atoms with Gasteiger partial charge in [0.1, 0.15) is 10.8 Å². The minimum atomic E-state index is -0.691. The number of rotatable bonds is 6. The highest BCUT2D eigenvalue weighted by Crippen LogP contribution is 2.27. The van der Waals surface area contributed by atoms with Gasteiger partial charge in [0, 0.05) is 11.6 Å².